The lowest BCUT2D eigenvalue weighted by Crippen LogP contribution is -2.58. The van der Waals surface area contributed by atoms with Crippen LogP contribution in [0.1, 0.15) is 12.6 Å². The van der Waals surface area contributed by atoms with Gasteiger partial charge < -0.3 is 15.0 Å². The van der Waals surface area contributed by atoms with E-state index < -0.39 is 11.9 Å². The minimum atomic E-state index is -4.49. The van der Waals surface area contributed by atoms with Gasteiger partial charge in [-0.2, -0.15) is 13.2 Å². The Hall–Kier alpha value is -1.99. The van der Waals surface area contributed by atoms with Crippen molar-refractivity contribution in [2.75, 3.05) is 19.6 Å². The van der Waals surface area contributed by atoms with Crippen molar-refractivity contribution in [3.63, 3.8) is 0 Å². The largest absolute Gasteiger partial charge is 0.471 e. The van der Waals surface area contributed by atoms with Crippen molar-refractivity contribution in [1.82, 2.24) is 15.2 Å². The molecule has 5 nitrogen and oxygen atoms in total. The standard InChI is InChI=1S/C12H14F3N3O2/c1-2-16-11(19)18-6-8(7-18)20-10-5-3-4-9(17-10)12(13,14)15/h3-5,8H,2,6-7H2,1H3,(H,16,19). The lowest BCUT2D eigenvalue weighted by molar-refractivity contribution is -0.141. The summed E-state index contributed by atoms with van der Waals surface area (Å²) < 4.78 is 42.7. The summed E-state index contributed by atoms with van der Waals surface area (Å²) in [4.78, 5) is 16.3. The highest BCUT2D eigenvalue weighted by molar-refractivity contribution is 5.75. The summed E-state index contributed by atoms with van der Waals surface area (Å²) in [5.41, 5.74) is -0.991. The highest BCUT2D eigenvalue weighted by Gasteiger charge is 2.34. The number of nitrogens with zero attached hydrogens (tertiary/aromatic N) is 2. The topological polar surface area (TPSA) is 54.5 Å². The molecule has 0 aromatic carbocycles. The molecular formula is C12H14F3N3O2. The summed E-state index contributed by atoms with van der Waals surface area (Å²) in [6, 6.07) is 3.29. The van der Waals surface area contributed by atoms with Crippen LogP contribution in [-0.4, -0.2) is 41.7 Å². The first-order chi connectivity index (χ1) is 9.40. The third-order valence-electron chi connectivity index (χ3n) is 2.76. The van der Waals surface area contributed by atoms with E-state index in [1.807, 2.05) is 0 Å². The lowest BCUT2D eigenvalue weighted by Gasteiger charge is -2.38. The van der Waals surface area contributed by atoms with Gasteiger partial charge in [-0.25, -0.2) is 9.78 Å². The fraction of sp³-hybridized carbons (Fsp3) is 0.500. The Morgan fingerprint density at radius 3 is 2.80 bits per heavy atom. The summed E-state index contributed by atoms with van der Waals surface area (Å²) in [7, 11) is 0. The van der Waals surface area contributed by atoms with Gasteiger partial charge in [0.2, 0.25) is 5.88 Å². The molecule has 8 heteroatoms. The van der Waals surface area contributed by atoms with Crippen LogP contribution in [0.5, 0.6) is 5.88 Å². The zero-order chi connectivity index (χ0) is 14.8. The maximum Gasteiger partial charge on any atom is 0.433 e. The number of amides is 2. The molecule has 1 aliphatic heterocycles. The summed E-state index contributed by atoms with van der Waals surface area (Å²) in [5.74, 6) is -0.0830. The molecule has 20 heavy (non-hydrogen) atoms. The van der Waals surface area contributed by atoms with Gasteiger partial charge in [-0.05, 0) is 13.0 Å². The number of aromatic nitrogens is 1. The first kappa shape index (κ1) is 14.4. The zero-order valence-electron chi connectivity index (χ0n) is 10.8. The Morgan fingerprint density at radius 1 is 1.50 bits per heavy atom. The van der Waals surface area contributed by atoms with Gasteiger partial charge in [-0.1, -0.05) is 6.07 Å². The van der Waals surface area contributed by atoms with Crippen LogP contribution in [0.15, 0.2) is 18.2 Å². The minimum Gasteiger partial charge on any atom is -0.471 e. The molecule has 0 bridgehead atoms. The maximum atomic E-state index is 12.5. The van der Waals surface area contributed by atoms with Crippen molar-refractivity contribution >= 4 is 6.03 Å². The molecule has 2 heterocycles. The highest BCUT2D eigenvalue weighted by Crippen LogP contribution is 2.29. The quantitative estimate of drug-likeness (QED) is 0.924. The molecule has 110 valence electrons. The number of pyridine rings is 1. The molecule has 0 unspecified atom stereocenters. The number of ether oxygens (including phenoxy) is 1. The zero-order valence-corrected chi connectivity index (χ0v) is 10.8. The second kappa shape index (κ2) is 5.56. The molecule has 1 aromatic rings. The Labute approximate surface area is 113 Å². The van der Waals surface area contributed by atoms with Gasteiger partial charge in [0.1, 0.15) is 11.8 Å². The van der Waals surface area contributed by atoms with Crippen LogP contribution in [0.3, 0.4) is 0 Å². The maximum absolute atomic E-state index is 12.5. The van der Waals surface area contributed by atoms with Gasteiger partial charge in [0, 0.05) is 12.6 Å². The van der Waals surface area contributed by atoms with Gasteiger partial charge in [0.15, 0.2) is 0 Å². The number of urea groups is 1. The molecule has 1 saturated heterocycles. The fourth-order valence-corrected chi connectivity index (χ4v) is 1.75. The van der Waals surface area contributed by atoms with Crippen LogP contribution >= 0.6 is 0 Å². The van der Waals surface area contributed by atoms with Crippen LogP contribution in [0.4, 0.5) is 18.0 Å². The van der Waals surface area contributed by atoms with E-state index in [0.29, 0.717) is 19.6 Å². The van der Waals surface area contributed by atoms with Crippen LogP contribution in [0, 0.1) is 0 Å². The normalized spacial score (nSPS) is 15.7. The molecule has 0 radical (unpaired) electrons. The molecule has 0 aliphatic carbocycles. The van der Waals surface area contributed by atoms with Gasteiger partial charge >= 0.3 is 12.2 Å². The lowest BCUT2D eigenvalue weighted by atomic mass is 10.2. The van der Waals surface area contributed by atoms with E-state index in [1.165, 1.54) is 17.0 Å². The van der Waals surface area contributed by atoms with Crippen LogP contribution in [0.25, 0.3) is 0 Å². The molecule has 0 saturated carbocycles. The van der Waals surface area contributed by atoms with Crippen LogP contribution < -0.4 is 10.1 Å². The van der Waals surface area contributed by atoms with E-state index in [0.717, 1.165) is 6.07 Å². The second-order valence-electron chi connectivity index (χ2n) is 4.34. The molecular weight excluding hydrogens is 275 g/mol. The number of rotatable bonds is 3. The third kappa shape index (κ3) is 3.31. The first-order valence-electron chi connectivity index (χ1n) is 6.14. The summed E-state index contributed by atoms with van der Waals surface area (Å²) >= 11 is 0. The van der Waals surface area contributed by atoms with E-state index in [-0.39, 0.29) is 18.0 Å². The van der Waals surface area contributed by atoms with Gasteiger partial charge in [-0.15, -0.1) is 0 Å². The number of hydrogen-bond donors (Lipinski definition) is 1. The van der Waals surface area contributed by atoms with E-state index in [9.17, 15) is 18.0 Å². The average molecular weight is 289 g/mol. The van der Waals surface area contributed by atoms with Gasteiger partial charge in [-0.3, -0.25) is 0 Å². The second-order valence-corrected chi connectivity index (χ2v) is 4.34. The SMILES string of the molecule is CCNC(=O)N1CC(Oc2cccc(C(F)(F)F)n2)C1. The van der Waals surface area contributed by atoms with E-state index in [2.05, 4.69) is 10.3 Å². The number of halogens is 3. The first-order valence-corrected chi connectivity index (χ1v) is 6.14. The van der Waals surface area contributed by atoms with E-state index in [1.54, 1.807) is 6.92 Å². The third-order valence-corrected chi connectivity index (χ3v) is 2.76. The molecule has 1 fully saturated rings. The Balaban J connectivity index is 1.89. The van der Waals surface area contributed by atoms with Gasteiger partial charge in [0.25, 0.3) is 0 Å². The van der Waals surface area contributed by atoms with Crippen molar-refractivity contribution in [3.8, 4) is 5.88 Å². The van der Waals surface area contributed by atoms with Gasteiger partial charge in [0.05, 0.1) is 13.1 Å². The Morgan fingerprint density at radius 2 is 2.20 bits per heavy atom. The van der Waals surface area contributed by atoms with E-state index >= 15 is 0 Å². The van der Waals surface area contributed by atoms with Crippen molar-refractivity contribution < 1.29 is 22.7 Å². The molecule has 1 N–H and O–H groups in total. The Kier molecular flexibility index (Phi) is 4.01. The van der Waals surface area contributed by atoms with E-state index in [4.69, 9.17) is 4.74 Å². The predicted octanol–water partition coefficient (Wildman–Crippen LogP) is 1.89. The molecule has 1 aliphatic rings. The van der Waals surface area contributed by atoms with Crippen molar-refractivity contribution in [1.29, 1.82) is 0 Å². The number of nitrogens with one attached hydrogen (secondary N) is 1. The predicted molar refractivity (Wildman–Crippen MR) is 64.3 cm³/mol. The molecule has 2 amide bonds. The number of carbonyl (C=O) groups is 1. The van der Waals surface area contributed by atoms with Crippen LogP contribution in [0.2, 0.25) is 0 Å². The van der Waals surface area contributed by atoms with Crippen LogP contribution in [-0.2, 0) is 6.18 Å². The Bertz CT molecular complexity index is 487. The molecule has 0 atom stereocenters. The number of alkyl halides is 3. The monoisotopic (exact) mass is 289 g/mol. The minimum absolute atomic E-state index is 0.0830. The van der Waals surface area contributed by atoms with Crippen molar-refractivity contribution in [3.05, 3.63) is 23.9 Å². The highest BCUT2D eigenvalue weighted by atomic mass is 19.4. The van der Waals surface area contributed by atoms with Crippen molar-refractivity contribution in [2.45, 2.75) is 19.2 Å². The average Bonchev–Trinajstić information content (AvgIpc) is 2.33. The molecule has 2 rings (SSSR count). The summed E-state index contributed by atoms with van der Waals surface area (Å²) in [5, 5.41) is 2.63. The number of hydrogen-bond acceptors (Lipinski definition) is 3. The smallest absolute Gasteiger partial charge is 0.433 e. The van der Waals surface area contributed by atoms with Crippen molar-refractivity contribution in [2.24, 2.45) is 0 Å². The molecule has 0 spiro atoms. The fourth-order valence-electron chi connectivity index (χ4n) is 1.75. The number of carbonyl (C=O) groups excluding carboxylic acids is 1. The molecule has 1 aromatic heterocycles. The summed E-state index contributed by atoms with van der Waals surface area (Å²) in [6.45, 7) is 3.00. The summed E-state index contributed by atoms with van der Waals surface area (Å²) in [6.07, 6.45) is -4.82. The number of likely N-dealkylation sites (tertiary alicyclic amines) is 1.